The van der Waals surface area contributed by atoms with Crippen molar-refractivity contribution >= 4 is 5.91 Å². The van der Waals surface area contributed by atoms with Crippen molar-refractivity contribution in [3.05, 3.63) is 59.2 Å². The van der Waals surface area contributed by atoms with Crippen molar-refractivity contribution < 1.29 is 14.3 Å². The SMILES string of the molecule is COc1ccc(CCCNC(=O)[C@H](C)Oc2cc(C)cc(C)c2)cc1. The third-order valence-electron chi connectivity index (χ3n) is 3.98. The standard InChI is InChI=1S/C21H27NO3/c1-15-12-16(2)14-20(13-15)25-17(3)21(23)22-11-5-6-18-7-9-19(24-4)10-8-18/h7-10,12-14,17H,5-6,11H2,1-4H3,(H,22,23)/t17-/m0/s1. The molecule has 0 aromatic heterocycles. The Morgan fingerprint density at radius 3 is 2.28 bits per heavy atom. The summed E-state index contributed by atoms with van der Waals surface area (Å²) < 4.78 is 10.9. The highest BCUT2D eigenvalue weighted by Gasteiger charge is 2.14. The van der Waals surface area contributed by atoms with Gasteiger partial charge in [0.25, 0.3) is 5.91 Å². The van der Waals surface area contributed by atoms with Gasteiger partial charge in [0.15, 0.2) is 6.10 Å². The second kappa shape index (κ2) is 9.11. The summed E-state index contributed by atoms with van der Waals surface area (Å²) in [6.07, 6.45) is 1.28. The van der Waals surface area contributed by atoms with Crippen LogP contribution in [0.15, 0.2) is 42.5 Å². The van der Waals surface area contributed by atoms with Gasteiger partial charge in [0.2, 0.25) is 0 Å². The minimum Gasteiger partial charge on any atom is -0.497 e. The molecule has 0 saturated carbocycles. The number of methoxy groups -OCH3 is 1. The molecule has 0 spiro atoms. The van der Waals surface area contributed by atoms with Gasteiger partial charge in [0.05, 0.1) is 7.11 Å². The summed E-state index contributed by atoms with van der Waals surface area (Å²) in [5.74, 6) is 1.50. The smallest absolute Gasteiger partial charge is 0.260 e. The van der Waals surface area contributed by atoms with Crippen LogP contribution in [-0.4, -0.2) is 25.7 Å². The summed E-state index contributed by atoms with van der Waals surface area (Å²) in [6, 6.07) is 14.0. The molecule has 0 aliphatic rings. The van der Waals surface area contributed by atoms with E-state index in [-0.39, 0.29) is 5.91 Å². The lowest BCUT2D eigenvalue weighted by molar-refractivity contribution is -0.127. The third kappa shape index (κ3) is 6.14. The van der Waals surface area contributed by atoms with Gasteiger partial charge in [-0.25, -0.2) is 0 Å². The quantitative estimate of drug-likeness (QED) is 0.742. The second-order valence-electron chi connectivity index (χ2n) is 6.33. The highest BCUT2D eigenvalue weighted by atomic mass is 16.5. The predicted molar refractivity (Wildman–Crippen MR) is 100 cm³/mol. The number of amides is 1. The molecule has 0 radical (unpaired) electrons. The fourth-order valence-electron chi connectivity index (χ4n) is 2.70. The summed E-state index contributed by atoms with van der Waals surface area (Å²) in [6.45, 7) is 6.44. The van der Waals surface area contributed by atoms with Gasteiger partial charge in [-0.15, -0.1) is 0 Å². The zero-order valence-electron chi connectivity index (χ0n) is 15.5. The van der Waals surface area contributed by atoms with Crippen LogP contribution in [0.1, 0.15) is 30.0 Å². The van der Waals surface area contributed by atoms with E-state index in [9.17, 15) is 4.79 Å². The number of ether oxygens (including phenoxy) is 2. The Bertz CT molecular complexity index is 675. The van der Waals surface area contributed by atoms with Crippen molar-refractivity contribution in [2.75, 3.05) is 13.7 Å². The number of benzene rings is 2. The van der Waals surface area contributed by atoms with E-state index in [1.807, 2.05) is 50.2 Å². The van der Waals surface area contributed by atoms with Crippen LogP contribution in [-0.2, 0) is 11.2 Å². The molecule has 0 bridgehead atoms. The van der Waals surface area contributed by atoms with Crippen molar-refractivity contribution in [1.29, 1.82) is 0 Å². The molecule has 1 atom stereocenters. The van der Waals surface area contributed by atoms with Crippen LogP contribution < -0.4 is 14.8 Å². The zero-order valence-corrected chi connectivity index (χ0v) is 15.5. The van der Waals surface area contributed by atoms with Crippen LogP contribution in [0.4, 0.5) is 0 Å². The Kier molecular flexibility index (Phi) is 6.87. The fraction of sp³-hybridized carbons (Fsp3) is 0.381. The summed E-state index contributed by atoms with van der Waals surface area (Å²) in [7, 11) is 1.66. The number of rotatable bonds is 8. The average Bonchev–Trinajstić information content (AvgIpc) is 2.58. The first kappa shape index (κ1) is 18.8. The number of carbonyl (C=O) groups excluding carboxylic acids is 1. The molecule has 4 nitrogen and oxygen atoms in total. The first-order valence-corrected chi connectivity index (χ1v) is 8.63. The van der Waals surface area contributed by atoms with E-state index < -0.39 is 6.10 Å². The van der Waals surface area contributed by atoms with Crippen LogP contribution in [0, 0.1) is 13.8 Å². The number of carbonyl (C=O) groups is 1. The molecule has 0 saturated heterocycles. The molecule has 0 fully saturated rings. The van der Waals surface area contributed by atoms with Gasteiger partial charge in [-0.3, -0.25) is 4.79 Å². The van der Waals surface area contributed by atoms with E-state index in [2.05, 4.69) is 11.4 Å². The maximum atomic E-state index is 12.2. The van der Waals surface area contributed by atoms with Crippen LogP contribution in [0.5, 0.6) is 11.5 Å². The molecular weight excluding hydrogens is 314 g/mol. The monoisotopic (exact) mass is 341 g/mol. The lowest BCUT2D eigenvalue weighted by Crippen LogP contribution is -2.37. The van der Waals surface area contributed by atoms with E-state index in [0.717, 1.165) is 35.5 Å². The average molecular weight is 341 g/mol. The zero-order chi connectivity index (χ0) is 18.2. The molecule has 25 heavy (non-hydrogen) atoms. The van der Waals surface area contributed by atoms with Crippen LogP contribution in [0.25, 0.3) is 0 Å². The van der Waals surface area contributed by atoms with Crippen LogP contribution >= 0.6 is 0 Å². The molecule has 1 N–H and O–H groups in total. The first-order valence-electron chi connectivity index (χ1n) is 8.63. The Balaban J connectivity index is 1.73. The molecular formula is C21H27NO3. The number of nitrogens with one attached hydrogen (secondary N) is 1. The van der Waals surface area contributed by atoms with Gasteiger partial charge < -0.3 is 14.8 Å². The molecule has 2 aromatic rings. The lowest BCUT2D eigenvalue weighted by atomic mass is 10.1. The van der Waals surface area contributed by atoms with E-state index in [4.69, 9.17) is 9.47 Å². The Morgan fingerprint density at radius 2 is 1.68 bits per heavy atom. The Hall–Kier alpha value is -2.49. The molecule has 2 rings (SSSR count). The van der Waals surface area contributed by atoms with Crippen molar-refractivity contribution in [3.8, 4) is 11.5 Å². The molecule has 1 amide bonds. The predicted octanol–water partition coefficient (Wildman–Crippen LogP) is 3.83. The maximum Gasteiger partial charge on any atom is 0.260 e. The van der Waals surface area contributed by atoms with Crippen molar-refractivity contribution in [3.63, 3.8) is 0 Å². The number of hydrogen-bond acceptors (Lipinski definition) is 3. The summed E-state index contributed by atoms with van der Waals surface area (Å²) in [4.78, 5) is 12.2. The lowest BCUT2D eigenvalue weighted by Gasteiger charge is -2.15. The minimum absolute atomic E-state index is 0.0890. The maximum absolute atomic E-state index is 12.2. The van der Waals surface area contributed by atoms with Gasteiger partial charge in [0, 0.05) is 6.54 Å². The highest BCUT2D eigenvalue weighted by molar-refractivity contribution is 5.80. The summed E-state index contributed by atoms with van der Waals surface area (Å²) >= 11 is 0. The summed E-state index contributed by atoms with van der Waals surface area (Å²) in [5.41, 5.74) is 3.48. The van der Waals surface area contributed by atoms with E-state index in [0.29, 0.717) is 6.54 Å². The fourth-order valence-corrected chi connectivity index (χ4v) is 2.70. The highest BCUT2D eigenvalue weighted by Crippen LogP contribution is 2.17. The van der Waals surface area contributed by atoms with E-state index in [1.165, 1.54) is 5.56 Å². The summed E-state index contributed by atoms with van der Waals surface area (Å²) in [5, 5.41) is 2.94. The minimum atomic E-state index is -0.512. The van der Waals surface area contributed by atoms with Gasteiger partial charge in [-0.2, -0.15) is 0 Å². The van der Waals surface area contributed by atoms with Crippen LogP contribution in [0.2, 0.25) is 0 Å². The Morgan fingerprint density at radius 1 is 1.04 bits per heavy atom. The molecule has 0 aliphatic carbocycles. The van der Waals surface area contributed by atoms with Gasteiger partial charge in [-0.1, -0.05) is 18.2 Å². The Labute approximate surface area is 150 Å². The molecule has 4 heteroatoms. The van der Waals surface area contributed by atoms with Crippen molar-refractivity contribution in [2.45, 2.75) is 39.7 Å². The topological polar surface area (TPSA) is 47.6 Å². The van der Waals surface area contributed by atoms with E-state index in [1.54, 1.807) is 14.0 Å². The molecule has 134 valence electrons. The van der Waals surface area contributed by atoms with Crippen molar-refractivity contribution in [1.82, 2.24) is 5.32 Å². The second-order valence-corrected chi connectivity index (χ2v) is 6.33. The molecule has 0 heterocycles. The van der Waals surface area contributed by atoms with Gasteiger partial charge in [0.1, 0.15) is 11.5 Å². The largest absolute Gasteiger partial charge is 0.497 e. The van der Waals surface area contributed by atoms with Gasteiger partial charge in [-0.05, 0) is 74.6 Å². The molecule has 0 aliphatic heterocycles. The molecule has 2 aromatic carbocycles. The normalized spacial score (nSPS) is 11.7. The van der Waals surface area contributed by atoms with E-state index >= 15 is 0 Å². The van der Waals surface area contributed by atoms with Crippen molar-refractivity contribution in [2.24, 2.45) is 0 Å². The van der Waals surface area contributed by atoms with Gasteiger partial charge >= 0.3 is 0 Å². The number of hydrogen-bond donors (Lipinski definition) is 1. The first-order chi connectivity index (χ1) is 12.0. The van der Waals surface area contributed by atoms with Crippen LogP contribution in [0.3, 0.4) is 0 Å². The molecule has 0 unspecified atom stereocenters. The number of aryl methyl sites for hydroxylation is 3. The third-order valence-corrected chi connectivity index (χ3v) is 3.98.